The van der Waals surface area contributed by atoms with Crippen molar-refractivity contribution in [3.05, 3.63) is 18.3 Å². The maximum absolute atomic E-state index is 5.61. The first kappa shape index (κ1) is 12.2. The van der Waals surface area contributed by atoms with Crippen LogP contribution >= 0.6 is 0 Å². The molecule has 3 heteroatoms. The monoisotopic (exact) mass is 233 g/mol. The standard InChI is InChI=1S/C14H23N3/c1-14(2,3)11-6-8-17(9-7-11)12-4-5-13(15)16-10-12/h4-5,10-11H,6-9H2,1-3H3,(H2,15,16). The minimum Gasteiger partial charge on any atom is -0.384 e. The van der Waals surface area contributed by atoms with E-state index in [0.717, 1.165) is 19.0 Å². The predicted molar refractivity (Wildman–Crippen MR) is 73.0 cm³/mol. The number of piperidine rings is 1. The molecular formula is C14H23N3. The van der Waals surface area contributed by atoms with Crippen LogP contribution in [0.1, 0.15) is 33.6 Å². The zero-order chi connectivity index (χ0) is 12.5. The van der Waals surface area contributed by atoms with E-state index in [4.69, 9.17) is 5.73 Å². The molecule has 1 aromatic rings. The first-order valence-corrected chi connectivity index (χ1v) is 6.43. The molecule has 0 bridgehead atoms. The van der Waals surface area contributed by atoms with Crippen molar-refractivity contribution in [1.82, 2.24) is 4.98 Å². The molecule has 94 valence electrons. The van der Waals surface area contributed by atoms with Gasteiger partial charge in [-0.3, -0.25) is 0 Å². The van der Waals surface area contributed by atoms with Crippen LogP contribution in [0.3, 0.4) is 0 Å². The van der Waals surface area contributed by atoms with Crippen molar-refractivity contribution in [2.45, 2.75) is 33.6 Å². The van der Waals surface area contributed by atoms with E-state index in [2.05, 4.69) is 36.7 Å². The number of nitrogen functional groups attached to an aromatic ring is 1. The first-order chi connectivity index (χ1) is 7.97. The Morgan fingerprint density at radius 3 is 2.35 bits per heavy atom. The summed E-state index contributed by atoms with van der Waals surface area (Å²) in [4.78, 5) is 6.57. The lowest BCUT2D eigenvalue weighted by Crippen LogP contribution is -2.38. The molecule has 1 saturated heterocycles. The SMILES string of the molecule is CC(C)(C)C1CCN(c2ccc(N)nc2)CC1. The molecule has 1 aliphatic heterocycles. The minimum absolute atomic E-state index is 0.436. The number of nitrogens with zero attached hydrogens (tertiary/aromatic N) is 2. The van der Waals surface area contributed by atoms with Gasteiger partial charge in [-0.25, -0.2) is 4.98 Å². The van der Waals surface area contributed by atoms with Crippen LogP contribution in [0.2, 0.25) is 0 Å². The van der Waals surface area contributed by atoms with Crippen molar-refractivity contribution in [1.29, 1.82) is 0 Å². The van der Waals surface area contributed by atoms with Gasteiger partial charge in [-0.1, -0.05) is 20.8 Å². The first-order valence-electron chi connectivity index (χ1n) is 6.43. The number of hydrogen-bond donors (Lipinski definition) is 1. The van der Waals surface area contributed by atoms with Crippen LogP contribution in [-0.4, -0.2) is 18.1 Å². The summed E-state index contributed by atoms with van der Waals surface area (Å²) in [6, 6.07) is 3.95. The highest BCUT2D eigenvalue weighted by Crippen LogP contribution is 2.35. The van der Waals surface area contributed by atoms with Gasteiger partial charge in [-0.15, -0.1) is 0 Å². The molecule has 1 fully saturated rings. The highest BCUT2D eigenvalue weighted by molar-refractivity contribution is 5.48. The van der Waals surface area contributed by atoms with E-state index in [1.807, 2.05) is 12.3 Å². The van der Waals surface area contributed by atoms with Gasteiger partial charge in [0.2, 0.25) is 0 Å². The smallest absolute Gasteiger partial charge is 0.123 e. The Hall–Kier alpha value is -1.25. The van der Waals surface area contributed by atoms with Gasteiger partial charge in [0.25, 0.3) is 0 Å². The summed E-state index contributed by atoms with van der Waals surface area (Å²) in [5.41, 5.74) is 7.24. The second-order valence-corrected chi connectivity index (χ2v) is 6.07. The van der Waals surface area contributed by atoms with Gasteiger partial charge in [-0.05, 0) is 36.3 Å². The molecule has 0 aromatic carbocycles. The zero-order valence-electron chi connectivity index (χ0n) is 11.1. The quantitative estimate of drug-likeness (QED) is 0.811. The van der Waals surface area contributed by atoms with Crippen LogP contribution in [0.5, 0.6) is 0 Å². The Morgan fingerprint density at radius 1 is 1.24 bits per heavy atom. The fourth-order valence-electron chi connectivity index (χ4n) is 2.59. The highest BCUT2D eigenvalue weighted by Gasteiger charge is 2.28. The predicted octanol–water partition coefficient (Wildman–Crippen LogP) is 2.93. The Labute approximate surface area is 104 Å². The topological polar surface area (TPSA) is 42.1 Å². The highest BCUT2D eigenvalue weighted by atomic mass is 15.1. The van der Waals surface area contributed by atoms with Crippen molar-refractivity contribution in [3.63, 3.8) is 0 Å². The summed E-state index contributed by atoms with van der Waals surface area (Å²) < 4.78 is 0. The Balaban J connectivity index is 1.97. The lowest BCUT2D eigenvalue weighted by atomic mass is 9.75. The summed E-state index contributed by atoms with van der Waals surface area (Å²) >= 11 is 0. The summed E-state index contributed by atoms with van der Waals surface area (Å²) in [5, 5.41) is 0. The second kappa shape index (κ2) is 4.55. The third-order valence-corrected chi connectivity index (χ3v) is 3.86. The molecular weight excluding hydrogens is 210 g/mol. The van der Waals surface area contributed by atoms with E-state index in [0.29, 0.717) is 11.2 Å². The molecule has 3 nitrogen and oxygen atoms in total. The summed E-state index contributed by atoms with van der Waals surface area (Å²) in [6.45, 7) is 9.30. The van der Waals surface area contributed by atoms with Crippen molar-refractivity contribution in [2.24, 2.45) is 11.3 Å². The van der Waals surface area contributed by atoms with Crippen molar-refractivity contribution >= 4 is 11.5 Å². The number of aromatic nitrogens is 1. The number of anilines is 2. The second-order valence-electron chi connectivity index (χ2n) is 6.07. The van der Waals surface area contributed by atoms with E-state index >= 15 is 0 Å². The average Bonchev–Trinajstić information content (AvgIpc) is 2.29. The lowest BCUT2D eigenvalue weighted by molar-refractivity contribution is 0.199. The number of hydrogen-bond acceptors (Lipinski definition) is 3. The van der Waals surface area contributed by atoms with Gasteiger partial charge in [0, 0.05) is 13.1 Å². The van der Waals surface area contributed by atoms with Gasteiger partial charge in [0.1, 0.15) is 5.82 Å². The molecule has 0 spiro atoms. The van der Waals surface area contributed by atoms with Gasteiger partial charge in [0.05, 0.1) is 11.9 Å². The Kier molecular flexibility index (Phi) is 3.27. The molecule has 1 aliphatic rings. The zero-order valence-corrected chi connectivity index (χ0v) is 11.1. The van der Waals surface area contributed by atoms with Crippen LogP contribution in [-0.2, 0) is 0 Å². The van der Waals surface area contributed by atoms with Crippen LogP contribution in [0.15, 0.2) is 18.3 Å². The molecule has 17 heavy (non-hydrogen) atoms. The van der Waals surface area contributed by atoms with E-state index < -0.39 is 0 Å². The number of rotatable bonds is 1. The third kappa shape index (κ3) is 2.90. The molecule has 0 atom stereocenters. The molecule has 0 radical (unpaired) electrons. The van der Waals surface area contributed by atoms with Crippen LogP contribution < -0.4 is 10.6 Å². The lowest BCUT2D eigenvalue weighted by Gasteiger charge is -2.39. The van der Waals surface area contributed by atoms with Crippen LogP contribution in [0.4, 0.5) is 11.5 Å². The minimum atomic E-state index is 0.436. The van der Waals surface area contributed by atoms with Crippen molar-refractivity contribution < 1.29 is 0 Å². The van der Waals surface area contributed by atoms with Crippen LogP contribution in [0.25, 0.3) is 0 Å². The number of pyridine rings is 1. The molecule has 1 aromatic heterocycles. The molecule has 2 heterocycles. The van der Waals surface area contributed by atoms with Crippen molar-refractivity contribution in [3.8, 4) is 0 Å². The largest absolute Gasteiger partial charge is 0.384 e. The maximum Gasteiger partial charge on any atom is 0.123 e. The molecule has 2 N–H and O–H groups in total. The maximum atomic E-state index is 5.61. The van der Waals surface area contributed by atoms with Gasteiger partial charge < -0.3 is 10.6 Å². The molecule has 2 rings (SSSR count). The van der Waals surface area contributed by atoms with Crippen LogP contribution in [0, 0.1) is 11.3 Å². The summed E-state index contributed by atoms with van der Waals surface area (Å²) in [7, 11) is 0. The molecule has 0 unspecified atom stereocenters. The van der Waals surface area contributed by atoms with E-state index in [-0.39, 0.29) is 0 Å². The fraction of sp³-hybridized carbons (Fsp3) is 0.643. The third-order valence-electron chi connectivity index (χ3n) is 3.86. The summed E-state index contributed by atoms with van der Waals surface area (Å²) in [5.74, 6) is 1.43. The van der Waals surface area contributed by atoms with E-state index in [9.17, 15) is 0 Å². The number of nitrogens with two attached hydrogens (primary N) is 1. The van der Waals surface area contributed by atoms with Crippen molar-refractivity contribution in [2.75, 3.05) is 23.7 Å². The molecule has 0 saturated carbocycles. The normalized spacial score (nSPS) is 18.4. The molecule has 0 aliphatic carbocycles. The van der Waals surface area contributed by atoms with Gasteiger partial charge in [0.15, 0.2) is 0 Å². The Bertz CT molecular complexity index is 356. The van der Waals surface area contributed by atoms with Gasteiger partial charge >= 0.3 is 0 Å². The molecule has 0 amide bonds. The van der Waals surface area contributed by atoms with Gasteiger partial charge in [-0.2, -0.15) is 0 Å². The van der Waals surface area contributed by atoms with E-state index in [1.165, 1.54) is 18.5 Å². The van der Waals surface area contributed by atoms with E-state index in [1.54, 1.807) is 0 Å². The Morgan fingerprint density at radius 2 is 1.88 bits per heavy atom. The fourth-order valence-corrected chi connectivity index (χ4v) is 2.59. The average molecular weight is 233 g/mol. The summed E-state index contributed by atoms with van der Waals surface area (Å²) in [6.07, 6.45) is 4.43.